The van der Waals surface area contributed by atoms with Gasteiger partial charge in [-0.15, -0.1) is 0 Å². The molecule has 3 rings (SSSR count). The molecule has 23 heavy (non-hydrogen) atoms. The van der Waals surface area contributed by atoms with E-state index in [9.17, 15) is 13.2 Å². The van der Waals surface area contributed by atoms with Crippen molar-refractivity contribution in [3.8, 4) is 17.5 Å². The van der Waals surface area contributed by atoms with E-state index in [0.717, 1.165) is 23.2 Å². The first-order valence-corrected chi connectivity index (χ1v) is 7.00. The Morgan fingerprint density at radius 2 is 1.74 bits per heavy atom. The third kappa shape index (κ3) is 2.90. The minimum atomic E-state index is -4.36. The second-order valence-electron chi connectivity index (χ2n) is 5.06. The highest BCUT2D eigenvalue weighted by molar-refractivity contribution is 5.80. The number of alkyl halides is 3. The van der Waals surface area contributed by atoms with Gasteiger partial charge in [0.2, 0.25) is 0 Å². The number of fused-ring (bicyclic) bond motifs is 1. The lowest BCUT2D eigenvalue weighted by atomic mass is 10.1. The van der Waals surface area contributed by atoms with Crippen LogP contribution in [0.1, 0.15) is 12.0 Å². The van der Waals surface area contributed by atoms with Gasteiger partial charge in [0.25, 0.3) is 0 Å². The Bertz CT molecular complexity index is 871. The van der Waals surface area contributed by atoms with Gasteiger partial charge in [-0.05, 0) is 24.3 Å². The van der Waals surface area contributed by atoms with Crippen molar-refractivity contribution in [1.29, 1.82) is 5.26 Å². The van der Waals surface area contributed by atoms with Crippen LogP contribution in [0.2, 0.25) is 0 Å². The highest BCUT2D eigenvalue weighted by Crippen LogP contribution is 2.31. The van der Waals surface area contributed by atoms with Crippen molar-refractivity contribution in [2.24, 2.45) is 0 Å². The van der Waals surface area contributed by atoms with E-state index in [1.807, 2.05) is 28.8 Å². The summed E-state index contributed by atoms with van der Waals surface area (Å²) in [6, 6.07) is 14.4. The Morgan fingerprint density at radius 1 is 1.04 bits per heavy atom. The van der Waals surface area contributed by atoms with Crippen LogP contribution in [0.25, 0.3) is 22.4 Å². The Labute approximate surface area is 130 Å². The molecule has 0 spiro atoms. The number of aromatic nitrogens is 2. The van der Waals surface area contributed by atoms with Crippen LogP contribution in [0, 0.1) is 11.3 Å². The number of para-hydroxylation sites is 2. The fourth-order valence-electron chi connectivity index (χ4n) is 2.49. The van der Waals surface area contributed by atoms with Gasteiger partial charge in [-0.1, -0.05) is 24.3 Å². The lowest BCUT2D eigenvalue weighted by molar-refractivity contribution is -0.137. The highest BCUT2D eigenvalue weighted by Gasteiger charge is 2.30. The molecular formula is C17H12F3N3. The zero-order valence-corrected chi connectivity index (χ0v) is 12.0. The van der Waals surface area contributed by atoms with Gasteiger partial charge in [0.05, 0.1) is 29.1 Å². The first-order valence-electron chi connectivity index (χ1n) is 7.00. The topological polar surface area (TPSA) is 41.6 Å². The molecule has 0 N–H and O–H groups in total. The summed E-state index contributed by atoms with van der Waals surface area (Å²) in [5.74, 6) is 0.565. The van der Waals surface area contributed by atoms with E-state index in [2.05, 4.69) is 11.1 Å². The lowest BCUT2D eigenvalue weighted by Gasteiger charge is -2.09. The van der Waals surface area contributed by atoms with Gasteiger partial charge in [-0.2, -0.15) is 18.4 Å². The monoisotopic (exact) mass is 315 g/mol. The number of hydrogen-bond acceptors (Lipinski definition) is 2. The minimum Gasteiger partial charge on any atom is -0.323 e. The molecule has 0 saturated heterocycles. The number of benzene rings is 2. The molecule has 0 radical (unpaired) electrons. The Hall–Kier alpha value is -2.81. The first kappa shape index (κ1) is 15.1. The maximum Gasteiger partial charge on any atom is 0.416 e. The van der Waals surface area contributed by atoms with Crippen molar-refractivity contribution < 1.29 is 13.2 Å². The molecule has 0 atom stereocenters. The number of aryl methyl sites for hydroxylation is 1. The Morgan fingerprint density at radius 3 is 2.39 bits per heavy atom. The molecule has 0 bridgehead atoms. The molecule has 0 aliphatic rings. The molecule has 0 aliphatic heterocycles. The molecule has 116 valence electrons. The van der Waals surface area contributed by atoms with Crippen LogP contribution in [0.4, 0.5) is 13.2 Å². The third-order valence-corrected chi connectivity index (χ3v) is 3.57. The summed E-state index contributed by atoms with van der Waals surface area (Å²) in [5, 5.41) is 8.82. The van der Waals surface area contributed by atoms with Crippen molar-refractivity contribution in [3.05, 3.63) is 54.1 Å². The number of hydrogen-bond donors (Lipinski definition) is 0. The molecular weight excluding hydrogens is 303 g/mol. The lowest BCUT2D eigenvalue weighted by Crippen LogP contribution is -2.05. The summed E-state index contributed by atoms with van der Waals surface area (Å²) in [7, 11) is 0. The van der Waals surface area contributed by atoms with Gasteiger partial charge in [0.15, 0.2) is 0 Å². The molecule has 6 heteroatoms. The molecule has 3 aromatic rings. The first-order chi connectivity index (χ1) is 11.0. The third-order valence-electron chi connectivity index (χ3n) is 3.57. The standard InChI is InChI=1S/C17H12F3N3/c18-17(19,20)13-8-6-12(7-9-13)16-22-14-4-1-2-5-15(14)23(16)11-3-10-21/h1-2,4-9H,3,11H2. The van der Waals surface area contributed by atoms with E-state index >= 15 is 0 Å². The van der Waals surface area contributed by atoms with Gasteiger partial charge in [-0.25, -0.2) is 4.98 Å². The molecule has 0 saturated carbocycles. The Kier molecular flexibility index (Phi) is 3.78. The van der Waals surface area contributed by atoms with Crippen LogP contribution in [0.15, 0.2) is 48.5 Å². The minimum absolute atomic E-state index is 0.300. The molecule has 0 aliphatic carbocycles. The fourth-order valence-corrected chi connectivity index (χ4v) is 2.49. The van der Waals surface area contributed by atoms with Crippen molar-refractivity contribution in [1.82, 2.24) is 9.55 Å². The molecule has 0 unspecified atom stereocenters. The molecule has 0 fully saturated rings. The van der Waals surface area contributed by atoms with Crippen LogP contribution in [-0.4, -0.2) is 9.55 Å². The molecule has 0 amide bonds. The summed E-state index contributed by atoms with van der Waals surface area (Å²) in [6.07, 6.45) is -4.06. The van der Waals surface area contributed by atoms with E-state index in [-0.39, 0.29) is 0 Å². The molecule has 1 heterocycles. The summed E-state index contributed by atoms with van der Waals surface area (Å²) in [5.41, 5.74) is 1.51. The van der Waals surface area contributed by atoms with E-state index in [0.29, 0.717) is 24.4 Å². The van der Waals surface area contributed by atoms with E-state index in [4.69, 9.17) is 5.26 Å². The normalized spacial score (nSPS) is 11.6. The predicted molar refractivity (Wildman–Crippen MR) is 80.4 cm³/mol. The maximum absolute atomic E-state index is 12.7. The van der Waals surface area contributed by atoms with Crippen molar-refractivity contribution in [2.75, 3.05) is 0 Å². The number of nitrogens with zero attached hydrogens (tertiary/aromatic N) is 3. The zero-order chi connectivity index (χ0) is 16.4. The van der Waals surface area contributed by atoms with E-state index < -0.39 is 11.7 Å². The van der Waals surface area contributed by atoms with Gasteiger partial charge < -0.3 is 4.57 Å². The SMILES string of the molecule is N#CCCn1c(-c2ccc(C(F)(F)F)cc2)nc2ccccc21. The Balaban J connectivity index is 2.10. The van der Waals surface area contributed by atoms with Crippen molar-refractivity contribution in [2.45, 2.75) is 19.1 Å². The van der Waals surface area contributed by atoms with E-state index in [1.165, 1.54) is 12.1 Å². The smallest absolute Gasteiger partial charge is 0.323 e. The van der Waals surface area contributed by atoms with Crippen LogP contribution >= 0.6 is 0 Å². The summed E-state index contributed by atoms with van der Waals surface area (Å²) >= 11 is 0. The molecule has 2 aromatic carbocycles. The summed E-state index contributed by atoms with van der Waals surface area (Å²) in [6.45, 7) is 0.438. The number of nitriles is 1. The van der Waals surface area contributed by atoms with Crippen molar-refractivity contribution >= 4 is 11.0 Å². The highest BCUT2D eigenvalue weighted by atomic mass is 19.4. The van der Waals surface area contributed by atoms with Gasteiger partial charge >= 0.3 is 6.18 Å². The quantitative estimate of drug-likeness (QED) is 0.707. The summed E-state index contributed by atoms with van der Waals surface area (Å²) < 4.78 is 39.9. The average molecular weight is 315 g/mol. The predicted octanol–water partition coefficient (Wildman–Crippen LogP) is 4.64. The largest absolute Gasteiger partial charge is 0.416 e. The van der Waals surface area contributed by atoms with Gasteiger partial charge in [0, 0.05) is 12.1 Å². The van der Waals surface area contributed by atoms with Crippen LogP contribution in [0.5, 0.6) is 0 Å². The van der Waals surface area contributed by atoms with Gasteiger partial charge in [0.1, 0.15) is 5.82 Å². The second kappa shape index (κ2) is 5.76. The van der Waals surface area contributed by atoms with Crippen LogP contribution in [0.3, 0.4) is 0 Å². The zero-order valence-electron chi connectivity index (χ0n) is 12.0. The molecule has 3 nitrogen and oxygen atoms in total. The summed E-state index contributed by atoms with van der Waals surface area (Å²) in [4.78, 5) is 4.50. The van der Waals surface area contributed by atoms with Crippen LogP contribution in [-0.2, 0) is 12.7 Å². The maximum atomic E-state index is 12.7. The fraction of sp³-hybridized carbons (Fsp3) is 0.176. The second-order valence-corrected chi connectivity index (χ2v) is 5.06. The number of halogens is 3. The number of imidazole rings is 1. The van der Waals surface area contributed by atoms with Crippen molar-refractivity contribution in [3.63, 3.8) is 0 Å². The molecule has 1 aromatic heterocycles. The number of rotatable bonds is 3. The van der Waals surface area contributed by atoms with Gasteiger partial charge in [-0.3, -0.25) is 0 Å². The van der Waals surface area contributed by atoms with Crippen LogP contribution < -0.4 is 0 Å². The van der Waals surface area contributed by atoms with E-state index in [1.54, 1.807) is 0 Å². The average Bonchev–Trinajstić information content (AvgIpc) is 2.91.